The number of aryl methyl sites for hydroxylation is 2. The number of aromatic amines is 1. The van der Waals surface area contributed by atoms with Gasteiger partial charge in [-0.05, 0) is 56.1 Å². The van der Waals surface area contributed by atoms with Gasteiger partial charge in [0.1, 0.15) is 0 Å². The van der Waals surface area contributed by atoms with Gasteiger partial charge in [0, 0.05) is 58.9 Å². The first-order chi connectivity index (χ1) is 15.8. The molecule has 3 aromatic rings. The average molecular weight is 465 g/mol. The number of aromatic nitrogens is 4. The second-order valence-electron chi connectivity index (χ2n) is 10.5. The van der Waals surface area contributed by atoms with Gasteiger partial charge < -0.3 is 10.2 Å². The van der Waals surface area contributed by atoms with Crippen molar-refractivity contribution in [1.29, 1.82) is 0 Å². The van der Waals surface area contributed by atoms with Gasteiger partial charge in [0.05, 0.1) is 0 Å². The molecule has 8 heteroatoms. The quantitative estimate of drug-likeness (QED) is 0.561. The van der Waals surface area contributed by atoms with Crippen molar-refractivity contribution < 1.29 is 4.79 Å². The summed E-state index contributed by atoms with van der Waals surface area (Å²) in [6.07, 6.45) is 5.76. The lowest BCUT2D eigenvalue weighted by Gasteiger charge is -2.34. The first kappa shape index (κ1) is 22.1. The van der Waals surface area contributed by atoms with E-state index >= 15 is 0 Å². The number of nitrogens with zero attached hydrogens (tertiary/aromatic N) is 4. The molecule has 1 fully saturated rings. The molecule has 1 aliphatic heterocycles. The van der Waals surface area contributed by atoms with Crippen LogP contribution in [0.3, 0.4) is 0 Å². The molecule has 7 nitrogen and oxygen atoms in total. The van der Waals surface area contributed by atoms with Crippen molar-refractivity contribution in [2.24, 2.45) is 11.3 Å². The number of hydrogen-bond donors (Lipinski definition) is 2. The lowest BCUT2D eigenvalue weighted by atomic mass is 9.71. The van der Waals surface area contributed by atoms with Crippen LogP contribution in [-0.2, 0) is 12.8 Å². The molecule has 3 aromatic heterocycles. The van der Waals surface area contributed by atoms with Crippen LogP contribution in [-0.4, -0.2) is 44.1 Å². The Kier molecular flexibility index (Phi) is 5.72. The average Bonchev–Trinajstić information content (AvgIpc) is 3.52. The minimum atomic E-state index is 0.0540. The summed E-state index contributed by atoms with van der Waals surface area (Å²) >= 11 is 1.57. The van der Waals surface area contributed by atoms with Crippen molar-refractivity contribution >= 4 is 28.1 Å². The van der Waals surface area contributed by atoms with Crippen LogP contribution < -0.4 is 5.32 Å². The Morgan fingerprint density at radius 2 is 2.12 bits per heavy atom. The Morgan fingerprint density at radius 1 is 1.27 bits per heavy atom. The lowest BCUT2D eigenvalue weighted by Crippen LogP contribution is -2.31. The van der Waals surface area contributed by atoms with Crippen molar-refractivity contribution in [3.05, 3.63) is 52.0 Å². The van der Waals surface area contributed by atoms with Gasteiger partial charge in [-0.3, -0.25) is 14.9 Å². The standard InChI is InChI=1S/C25H32N6OS/c1-15-11-18(28-24-26-8-10-33-24)13-21(27-15)16-7-9-31(14-16)23(32)22-19-12-17(25(2,3)4)5-6-20(19)29-30-22/h8,10-11,13,16-17H,5-7,9,12,14H2,1-4H3,(H,29,30)(H,26,27,28)/t16-,17+/m0/s1. The number of anilines is 2. The van der Waals surface area contributed by atoms with E-state index < -0.39 is 0 Å². The summed E-state index contributed by atoms with van der Waals surface area (Å²) in [4.78, 5) is 24.5. The fraction of sp³-hybridized carbons (Fsp3) is 0.520. The van der Waals surface area contributed by atoms with Crippen molar-refractivity contribution in [3.63, 3.8) is 0 Å². The fourth-order valence-corrected chi connectivity index (χ4v) is 5.68. The van der Waals surface area contributed by atoms with Gasteiger partial charge in [0.15, 0.2) is 10.8 Å². The smallest absolute Gasteiger partial charge is 0.274 e. The number of fused-ring (bicyclic) bond motifs is 1. The highest BCUT2D eigenvalue weighted by molar-refractivity contribution is 7.13. The topological polar surface area (TPSA) is 86.8 Å². The summed E-state index contributed by atoms with van der Waals surface area (Å²) in [6, 6.07) is 4.13. The molecule has 0 aromatic carbocycles. The predicted molar refractivity (Wildman–Crippen MR) is 131 cm³/mol. The third-order valence-electron chi connectivity index (χ3n) is 7.12. The Hall–Kier alpha value is -2.74. The lowest BCUT2D eigenvalue weighted by molar-refractivity contribution is 0.0782. The largest absolute Gasteiger partial charge is 0.337 e. The number of H-pyrrole nitrogens is 1. The summed E-state index contributed by atoms with van der Waals surface area (Å²) in [5.74, 6) is 0.849. The first-order valence-electron chi connectivity index (χ1n) is 11.8. The van der Waals surface area contributed by atoms with Gasteiger partial charge >= 0.3 is 0 Å². The third-order valence-corrected chi connectivity index (χ3v) is 7.81. The highest BCUT2D eigenvalue weighted by atomic mass is 32.1. The number of amides is 1. The Bertz CT molecular complexity index is 1150. The van der Waals surface area contributed by atoms with Crippen LogP contribution in [0.25, 0.3) is 0 Å². The molecule has 0 bridgehead atoms. The highest BCUT2D eigenvalue weighted by Crippen LogP contribution is 2.38. The maximum absolute atomic E-state index is 13.5. The molecule has 33 heavy (non-hydrogen) atoms. The number of rotatable bonds is 4. The predicted octanol–water partition coefficient (Wildman–Crippen LogP) is 5.09. The molecular weight excluding hydrogens is 432 g/mol. The Balaban J connectivity index is 1.31. The number of carbonyl (C=O) groups excluding carboxylic acids is 1. The zero-order chi connectivity index (χ0) is 23.2. The van der Waals surface area contributed by atoms with E-state index in [0.29, 0.717) is 18.2 Å². The van der Waals surface area contributed by atoms with Gasteiger partial charge in [-0.1, -0.05) is 20.8 Å². The molecule has 4 heterocycles. The van der Waals surface area contributed by atoms with Crippen LogP contribution in [0.4, 0.5) is 10.8 Å². The Morgan fingerprint density at radius 3 is 2.88 bits per heavy atom. The van der Waals surface area contributed by atoms with Gasteiger partial charge in [-0.25, -0.2) is 4.98 Å². The SMILES string of the molecule is Cc1cc(Nc2nccs2)cc([C@H]2CCN(C(=O)c3n[nH]c4c3C[C@H](C(C)(C)C)CC4)C2)n1. The monoisotopic (exact) mass is 464 g/mol. The molecule has 2 atom stereocenters. The molecule has 2 aliphatic rings. The van der Waals surface area contributed by atoms with Crippen LogP contribution in [0.15, 0.2) is 23.7 Å². The number of carbonyl (C=O) groups is 1. The van der Waals surface area contributed by atoms with E-state index in [1.165, 1.54) is 0 Å². The maximum Gasteiger partial charge on any atom is 0.274 e. The van der Waals surface area contributed by atoms with Crippen molar-refractivity contribution in [3.8, 4) is 0 Å². The molecular formula is C25H32N6OS. The zero-order valence-electron chi connectivity index (χ0n) is 19.8. The summed E-state index contributed by atoms with van der Waals surface area (Å²) in [5, 5.41) is 13.8. The number of thiazole rings is 1. The van der Waals surface area contributed by atoms with Crippen molar-refractivity contribution in [1.82, 2.24) is 25.1 Å². The minimum absolute atomic E-state index is 0.0540. The Labute approximate surface area is 199 Å². The normalized spacial score (nSPS) is 20.7. The second-order valence-corrected chi connectivity index (χ2v) is 11.4. The van der Waals surface area contributed by atoms with E-state index in [1.54, 1.807) is 17.5 Å². The summed E-state index contributed by atoms with van der Waals surface area (Å²) in [7, 11) is 0. The number of likely N-dealkylation sites (tertiary alicyclic amines) is 1. The van der Waals surface area contributed by atoms with E-state index in [2.05, 4.69) is 47.3 Å². The van der Waals surface area contributed by atoms with Gasteiger partial charge in [0.2, 0.25) is 0 Å². The molecule has 0 spiro atoms. The first-order valence-corrected chi connectivity index (χ1v) is 12.7. The van der Waals surface area contributed by atoms with E-state index in [4.69, 9.17) is 4.98 Å². The van der Waals surface area contributed by atoms with Crippen molar-refractivity contribution in [2.45, 2.75) is 59.3 Å². The van der Waals surface area contributed by atoms with E-state index in [1.807, 2.05) is 23.3 Å². The van der Waals surface area contributed by atoms with Crippen LogP contribution in [0.1, 0.15) is 72.7 Å². The molecule has 1 aliphatic carbocycles. The fourth-order valence-electron chi connectivity index (χ4n) is 5.13. The van der Waals surface area contributed by atoms with Crippen LogP contribution in [0.2, 0.25) is 0 Å². The number of hydrogen-bond acceptors (Lipinski definition) is 6. The molecule has 1 amide bonds. The van der Waals surface area contributed by atoms with E-state index in [0.717, 1.165) is 65.7 Å². The number of nitrogens with one attached hydrogen (secondary N) is 2. The minimum Gasteiger partial charge on any atom is -0.337 e. The van der Waals surface area contributed by atoms with E-state index in [-0.39, 0.29) is 17.2 Å². The van der Waals surface area contributed by atoms with Crippen LogP contribution in [0, 0.1) is 18.3 Å². The molecule has 0 unspecified atom stereocenters. The summed E-state index contributed by atoms with van der Waals surface area (Å²) < 4.78 is 0. The summed E-state index contributed by atoms with van der Waals surface area (Å²) in [6.45, 7) is 10.3. The highest BCUT2D eigenvalue weighted by Gasteiger charge is 2.36. The van der Waals surface area contributed by atoms with Crippen LogP contribution in [0.5, 0.6) is 0 Å². The van der Waals surface area contributed by atoms with Crippen LogP contribution >= 0.6 is 11.3 Å². The maximum atomic E-state index is 13.5. The van der Waals surface area contributed by atoms with Gasteiger partial charge in [0.25, 0.3) is 5.91 Å². The summed E-state index contributed by atoms with van der Waals surface area (Å²) in [5.41, 5.74) is 6.13. The molecule has 0 saturated carbocycles. The number of pyridine rings is 1. The third kappa shape index (κ3) is 4.53. The van der Waals surface area contributed by atoms with Gasteiger partial charge in [-0.2, -0.15) is 5.10 Å². The molecule has 1 saturated heterocycles. The molecule has 2 N–H and O–H groups in total. The van der Waals surface area contributed by atoms with Crippen molar-refractivity contribution in [2.75, 3.05) is 18.4 Å². The molecule has 0 radical (unpaired) electrons. The molecule has 174 valence electrons. The second kappa shape index (κ2) is 8.56. The zero-order valence-corrected chi connectivity index (χ0v) is 20.6. The van der Waals surface area contributed by atoms with E-state index in [9.17, 15) is 4.79 Å². The van der Waals surface area contributed by atoms with Gasteiger partial charge in [-0.15, -0.1) is 11.3 Å². The molecule has 5 rings (SSSR count).